The summed E-state index contributed by atoms with van der Waals surface area (Å²) in [6.45, 7) is 15.2. The average Bonchev–Trinajstić information content (AvgIpc) is 3.33. The maximum atomic E-state index is 6.76. The SMILES string of the molecule is CC[N+](CBr)(CCCCN(Cc1ccc2ccccc2c1)Cc1sc2c(Cl)c(OC)ccc2c1C)Cc1cc(C)cc(C)c1. The maximum Gasteiger partial charge on any atom is 0.138 e. The fourth-order valence-corrected chi connectivity index (χ4v) is 8.89. The van der Waals surface area contributed by atoms with Crippen LogP contribution in [0.25, 0.3) is 20.9 Å². The topological polar surface area (TPSA) is 12.5 Å². The smallest absolute Gasteiger partial charge is 0.138 e. The molecule has 0 N–H and O–H groups in total. The first-order valence-electron chi connectivity index (χ1n) is 15.7. The molecule has 1 heterocycles. The number of unbranched alkanes of at least 4 members (excludes halogenated alkanes) is 1. The van der Waals surface area contributed by atoms with Gasteiger partial charge in [0.1, 0.15) is 22.8 Å². The van der Waals surface area contributed by atoms with E-state index in [1.807, 2.05) is 17.4 Å². The fourth-order valence-electron chi connectivity index (χ4n) is 6.47. The first-order valence-corrected chi connectivity index (χ1v) is 18.0. The van der Waals surface area contributed by atoms with E-state index < -0.39 is 0 Å². The van der Waals surface area contributed by atoms with Crippen molar-refractivity contribution in [3.8, 4) is 5.75 Å². The minimum Gasteiger partial charge on any atom is -0.495 e. The second kappa shape index (κ2) is 14.8. The fraction of sp³-hybridized carbons (Fsp3) is 0.368. The summed E-state index contributed by atoms with van der Waals surface area (Å²) in [7, 11) is 1.68. The summed E-state index contributed by atoms with van der Waals surface area (Å²) in [5.74, 6) is 0.741. The van der Waals surface area contributed by atoms with Crippen LogP contribution in [0.15, 0.2) is 72.8 Å². The van der Waals surface area contributed by atoms with Gasteiger partial charge in [0, 0.05) is 23.5 Å². The van der Waals surface area contributed by atoms with E-state index in [4.69, 9.17) is 16.3 Å². The van der Waals surface area contributed by atoms with Crippen molar-refractivity contribution in [3.63, 3.8) is 0 Å². The molecule has 0 aliphatic heterocycles. The molecular formula is C38H45BrClN2OS+. The molecule has 3 nitrogen and oxygen atoms in total. The number of nitrogens with zero attached hydrogens (tertiary/aromatic N) is 2. The molecule has 44 heavy (non-hydrogen) atoms. The number of benzene rings is 4. The van der Waals surface area contributed by atoms with E-state index in [9.17, 15) is 0 Å². The lowest BCUT2D eigenvalue weighted by Crippen LogP contribution is -2.46. The number of rotatable bonds is 14. The van der Waals surface area contributed by atoms with Crippen molar-refractivity contribution >= 4 is 59.7 Å². The van der Waals surface area contributed by atoms with Gasteiger partial charge in [-0.25, -0.2) is 0 Å². The highest BCUT2D eigenvalue weighted by Crippen LogP contribution is 2.41. The number of aryl methyl sites for hydroxylation is 3. The summed E-state index contributed by atoms with van der Waals surface area (Å²) in [5.41, 5.74) is 7.80. The van der Waals surface area contributed by atoms with E-state index in [2.05, 4.69) is 115 Å². The largest absolute Gasteiger partial charge is 0.495 e. The van der Waals surface area contributed by atoms with Crippen LogP contribution in [0.3, 0.4) is 0 Å². The Labute approximate surface area is 281 Å². The van der Waals surface area contributed by atoms with Crippen LogP contribution in [0, 0.1) is 20.8 Å². The third-order valence-corrected chi connectivity index (χ3v) is 11.9. The lowest BCUT2D eigenvalue weighted by Gasteiger charge is -2.36. The lowest BCUT2D eigenvalue weighted by molar-refractivity contribution is -0.926. The number of halogens is 2. The number of alkyl halides is 1. The first kappa shape index (κ1) is 33.0. The molecule has 0 aliphatic carbocycles. The number of fused-ring (bicyclic) bond motifs is 2. The van der Waals surface area contributed by atoms with Gasteiger partial charge >= 0.3 is 0 Å². The molecule has 0 saturated carbocycles. The van der Waals surface area contributed by atoms with Crippen LogP contribution < -0.4 is 4.74 Å². The molecule has 4 aromatic carbocycles. The van der Waals surface area contributed by atoms with Gasteiger partial charge in [-0.3, -0.25) is 4.90 Å². The van der Waals surface area contributed by atoms with Gasteiger partial charge in [-0.1, -0.05) is 77.3 Å². The summed E-state index contributed by atoms with van der Waals surface area (Å²) in [4.78, 5) is 4.01. The molecule has 5 aromatic rings. The van der Waals surface area contributed by atoms with Gasteiger partial charge in [0.2, 0.25) is 0 Å². The molecule has 0 bridgehead atoms. The number of methoxy groups -OCH3 is 1. The Morgan fingerprint density at radius 1 is 0.864 bits per heavy atom. The molecule has 0 radical (unpaired) electrons. The third kappa shape index (κ3) is 7.68. The zero-order chi connectivity index (χ0) is 31.3. The van der Waals surface area contributed by atoms with Crippen LogP contribution in [0.4, 0.5) is 0 Å². The molecule has 1 aromatic heterocycles. The third-order valence-electron chi connectivity index (χ3n) is 9.00. The molecule has 0 saturated heterocycles. The van der Waals surface area contributed by atoms with E-state index in [0.717, 1.165) is 71.1 Å². The molecule has 6 heteroatoms. The minimum absolute atomic E-state index is 0.720. The van der Waals surface area contributed by atoms with Gasteiger partial charge in [-0.15, -0.1) is 11.3 Å². The Bertz CT molecular complexity index is 1710. The molecule has 232 valence electrons. The van der Waals surface area contributed by atoms with Crippen LogP contribution >= 0.6 is 38.9 Å². The highest BCUT2D eigenvalue weighted by atomic mass is 79.9. The number of hydrogen-bond donors (Lipinski definition) is 0. The van der Waals surface area contributed by atoms with E-state index in [-0.39, 0.29) is 0 Å². The zero-order valence-electron chi connectivity index (χ0n) is 26.8. The van der Waals surface area contributed by atoms with Crippen molar-refractivity contribution in [2.24, 2.45) is 0 Å². The quantitative estimate of drug-likeness (QED) is 0.0497. The van der Waals surface area contributed by atoms with Gasteiger partial charge in [0.15, 0.2) is 0 Å². The average molecular weight is 693 g/mol. The lowest BCUT2D eigenvalue weighted by atomic mass is 10.1. The molecule has 1 atom stereocenters. The Balaban J connectivity index is 1.33. The van der Waals surface area contributed by atoms with Crippen molar-refractivity contribution in [1.82, 2.24) is 4.90 Å². The highest BCUT2D eigenvalue weighted by Gasteiger charge is 2.25. The first-order chi connectivity index (χ1) is 21.2. The number of thiophene rings is 1. The van der Waals surface area contributed by atoms with Gasteiger partial charge in [-0.05, 0) is 108 Å². The van der Waals surface area contributed by atoms with Crippen LogP contribution in [0.1, 0.15) is 52.5 Å². The Morgan fingerprint density at radius 2 is 1.61 bits per heavy atom. The molecule has 0 spiro atoms. The van der Waals surface area contributed by atoms with Crippen molar-refractivity contribution in [2.75, 3.05) is 32.2 Å². The van der Waals surface area contributed by atoms with Crippen molar-refractivity contribution in [1.29, 1.82) is 0 Å². The van der Waals surface area contributed by atoms with Crippen LogP contribution in [-0.2, 0) is 19.6 Å². The number of quaternary nitrogens is 1. The van der Waals surface area contributed by atoms with E-state index >= 15 is 0 Å². The van der Waals surface area contributed by atoms with Crippen molar-refractivity contribution < 1.29 is 9.22 Å². The highest BCUT2D eigenvalue weighted by molar-refractivity contribution is 9.09. The Hall–Kier alpha value is -2.41. The summed E-state index contributed by atoms with van der Waals surface area (Å²) >= 11 is 12.5. The van der Waals surface area contributed by atoms with Crippen LogP contribution in [-0.4, -0.2) is 41.6 Å². The molecule has 5 rings (SSSR count). The molecule has 0 fully saturated rings. The standard InChI is InChI=1S/C38H45BrClN2OS/c1-6-42(26-39,25-31-20-27(2)19-28(3)21-31)18-10-9-17-41(23-30-13-14-32-11-7-8-12-33(32)22-30)24-36-29(4)34-15-16-35(43-5)37(40)38(34)44-36/h7-8,11-16,19-22H,6,9-10,17-18,23-26H2,1-5H3/q+1. The summed E-state index contributed by atoms with van der Waals surface area (Å²) in [6.07, 6.45) is 2.35. The number of hydrogen-bond acceptors (Lipinski definition) is 3. The van der Waals surface area contributed by atoms with Crippen molar-refractivity contribution in [2.45, 2.75) is 60.2 Å². The summed E-state index contributed by atoms with van der Waals surface area (Å²) in [5, 5.41) is 4.54. The predicted octanol–water partition coefficient (Wildman–Crippen LogP) is 10.8. The Morgan fingerprint density at radius 3 is 2.32 bits per heavy atom. The van der Waals surface area contributed by atoms with Gasteiger partial charge in [-0.2, -0.15) is 0 Å². The van der Waals surface area contributed by atoms with Crippen LogP contribution in [0.2, 0.25) is 5.02 Å². The van der Waals surface area contributed by atoms with Crippen molar-refractivity contribution in [3.05, 3.63) is 111 Å². The van der Waals surface area contributed by atoms with E-state index in [0.29, 0.717) is 0 Å². The maximum absolute atomic E-state index is 6.76. The molecular weight excluding hydrogens is 648 g/mol. The number of ether oxygens (including phenoxy) is 1. The van der Waals surface area contributed by atoms with E-state index in [1.165, 1.54) is 55.3 Å². The van der Waals surface area contributed by atoms with Gasteiger partial charge in [0.25, 0.3) is 0 Å². The monoisotopic (exact) mass is 691 g/mol. The predicted molar refractivity (Wildman–Crippen MR) is 195 cm³/mol. The second-order valence-electron chi connectivity index (χ2n) is 12.4. The second-order valence-corrected chi connectivity index (χ2v) is 14.3. The Kier molecular flexibility index (Phi) is 11.1. The van der Waals surface area contributed by atoms with Crippen LogP contribution in [0.5, 0.6) is 5.75 Å². The zero-order valence-corrected chi connectivity index (χ0v) is 29.9. The van der Waals surface area contributed by atoms with Gasteiger partial charge < -0.3 is 9.22 Å². The van der Waals surface area contributed by atoms with Gasteiger partial charge in [0.05, 0.1) is 24.9 Å². The molecule has 1 unspecified atom stereocenters. The molecule has 0 aliphatic rings. The molecule has 0 amide bonds. The minimum atomic E-state index is 0.720. The van der Waals surface area contributed by atoms with E-state index in [1.54, 1.807) is 7.11 Å². The normalized spacial score (nSPS) is 13.2. The summed E-state index contributed by atoms with van der Waals surface area (Å²) < 4.78 is 7.70. The summed E-state index contributed by atoms with van der Waals surface area (Å²) in [6, 6.07) is 26.7.